The first kappa shape index (κ1) is 14.2. The summed E-state index contributed by atoms with van der Waals surface area (Å²) >= 11 is 1.75. The summed E-state index contributed by atoms with van der Waals surface area (Å²) in [7, 11) is 0. The monoisotopic (exact) mass is 274 g/mol. The van der Waals surface area contributed by atoms with E-state index in [1.165, 1.54) is 16.1 Å². The number of rotatable bonds is 6. The Bertz CT molecular complexity index is 491. The van der Waals surface area contributed by atoms with Gasteiger partial charge in [-0.15, -0.1) is 11.3 Å². The van der Waals surface area contributed by atoms with Crippen molar-refractivity contribution in [3.05, 3.63) is 52.0 Å². The Morgan fingerprint density at radius 2 is 2.16 bits per heavy atom. The van der Waals surface area contributed by atoms with Crippen LogP contribution in [0.1, 0.15) is 35.9 Å². The van der Waals surface area contributed by atoms with Gasteiger partial charge < -0.3 is 5.32 Å². The van der Waals surface area contributed by atoms with Gasteiger partial charge in [0.25, 0.3) is 0 Å². The zero-order valence-corrected chi connectivity index (χ0v) is 12.7. The molecule has 0 bridgehead atoms. The first-order chi connectivity index (χ1) is 9.15. The van der Waals surface area contributed by atoms with E-state index in [4.69, 9.17) is 0 Å². The van der Waals surface area contributed by atoms with Crippen molar-refractivity contribution in [1.29, 1.82) is 0 Å². The number of hydrogen-bond acceptors (Lipinski definition) is 3. The van der Waals surface area contributed by atoms with Gasteiger partial charge >= 0.3 is 0 Å². The maximum absolute atomic E-state index is 4.42. The van der Waals surface area contributed by atoms with Gasteiger partial charge in [0, 0.05) is 36.5 Å². The van der Waals surface area contributed by atoms with Crippen LogP contribution in [0.15, 0.2) is 35.8 Å². The number of thiazole rings is 1. The molecule has 1 atom stereocenters. The van der Waals surface area contributed by atoms with E-state index in [0.717, 1.165) is 13.0 Å². The molecule has 0 saturated heterocycles. The predicted octanol–water partition coefficient (Wildman–Crippen LogP) is 3.78. The van der Waals surface area contributed by atoms with Gasteiger partial charge in [-0.1, -0.05) is 43.7 Å². The van der Waals surface area contributed by atoms with Gasteiger partial charge in [-0.2, -0.15) is 0 Å². The zero-order chi connectivity index (χ0) is 13.7. The molecule has 0 fully saturated rings. The van der Waals surface area contributed by atoms with Gasteiger partial charge in [0.1, 0.15) is 0 Å². The highest BCUT2D eigenvalue weighted by Crippen LogP contribution is 2.22. The van der Waals surface area contributed by atoms with Crippen molar-refractivity contribution >= 4 is 11.3 Å². The maximum Gasteiger partial charge on any atom is 0.0931 e. The third kappa shape index (κ3) is 4.44. The van der Waals surface area contributed by atoms with Crippen LogP contribution < -0.4 is 5.32 Å². The van der Waals surface area contributed by atoms with Crippen molar-refractivity contribution in [3.8, 4) is 0 Å². The highest BCUT2D eigenvalue weighted by molar-refractivity contribution is 7.09. The molecular formula is C16H22N2S. The lowest BCUT2D eigenvalue weighted by molar-refractivity contribution is 0.526. The van der Waals surface area contributed by atoms with Crippen molar-refractivity contribution < 1.29 is 0 Å². The molecule has 0 aliphatic heterocycles. The lowest BCUT2D eigenvalue weighted by Gasteiger charge is -2.19. The minimum Gasteiger partial charge on any atom is -0.314 e. The third-order valence-electron chi connectivity index (χ3n) is 3.19. The molecule has 1 heterocycles. The predicted molar refractivity (Wildman–Crippen MR) is 82.9 cm³/mol. The lowest BCUT2D eigenvalue weighted by Crippen LogP contribution is -2.29. The minimum absolute atomic E-state index is 0.494. The van der Waals surface area contributed by atoms with Crippen molar-refractivity contribution in [1.82, 2.24) is 10.3 Å². The first-order valence-corrected chi connectivity index (χ1v) is 7.71. The number of nitrogens with one attached hydrogen (secondary N) is 1. The molecular weight excluding hydrogens is 252 g/mol. The van der Waals surface area contributed by atoms with Crippen LogP contribution in [0, 0.1) is 6.92 Å². The van der Waals surface area contributed by atoms with Crippen LogP contribution in [0.2, 0.25) is 0 Å². The second kappa shape index (κ2) is 6.83. The number of nitrogens with zero attached hydrogens (tertiary/aromatic N) is 1. The summed E-state index contributed by atoms with van der Waals surface area (Å²) < 4.78 is 0. The quantitative estimate of drug-likeness (QED) is 0.867. The summed E-state index contributed by atoms with van der Waals surface area (Å²) in [5, 5.41) is 6.83. The van der Waals surface area contributed by atoms with Crippen LogP contribution in [0.4, 0.5) is 0 Å². The molecule has 0 spiro atoms. The Morgan fingerprint density at radius 3 is 2.79 bits per heavy atom. The molecule has 2 nitrogen and oxygen atoms in total. The van der Waals surface area contributed by atoms with Crippen LogP contribution in [0.5, 0.6) is 0 Å². The second-order valence-corrected chi connectivity index (χ2v) is 6.28. The number of aryl methyl sites for hydroxylation is 1. The van der Waals surface area contributed by atoms with Gasteiger partial charge in [0.2, 0.25) is 0 Å². The zero-order valence-electron chi connectivity index (χ0n) is 11.9. The van der Waals surface area contributed by atoms with Crippen LogP contribution in [-0.4, -0.2) is 17.6 Å². The van der Waals surface area contributed by atoms with E-state index < -0.39 is 0 Å². The molecule has 0 radical (unpaired) electrons. The minimum atomic E-state index is 0.494. The maximum atomic E-state index is 4.42. The van der Waals surface area contributed by atoms with Crippen molar-refractivity contribution in [2.24, 2.45) is 0 Å². The highest BCUT2D eigenvalue weighted by atomic mass is 32.1. The Labute approximate surface area is 119 Å². The van der Waals surface area contributed by atoms with E-state index in [1.807, 2.05) is 6.20 Å². The molecule has 0 aliphatic rings. The number of aromatic nitrogens is 1. The Balaban J connectivity index is 2.13. The van der Waals surface area contributed by atoms with Crippen molar-refractivity contribution in [2.45, 2.75) is 39.2 Å². The van der Waals surface area contributed by atoms with Crippen LogP contribution in [-0.2, 0) is 6.42 Å². The largest absolute Gasteiger partial charge is 0.314 e. The van der Waals surface area contributed by atoms with E-state index >= 15 is 0 Å². The van der Waals surface area contributed by atoms with Crippen LogP contribution in [0.3, 0.4) is 0 Å². The molecule has 0 amide bonds. The van der Waals surface area contributed by atoms with Gasteiger partial charge in [0.05, 0.1) is 5.01 Å². The highest BCUT2D eigenvalue weighted by Gasteiger charge is 2.14. The lowest BCUT2D eigenvalue weighted by atomic mass is 9.94. The fourth-order valence-corrected chi connectivity index (χ4v) is 2.87. The fourth-order valence-electron chi connectivity index (χ4n) is 2.17. The molecule has 2 aromatic rings. The standard InChI is InChI=1S/C16H22N2S/c1-12(2)18-11-15(10-16-17-7-8-19-16)14-6-4-5-13(3)9-14/h4-9,12,15,18H,10-11H2,1-3H3. The second-order valence-electron chi connectivity index (χ2n) is 5.30. The molecule has 2 rings (SSSR count). The van der Waals surface area contributed by atoms with Gasteiger partial charge in [-0.05, 0) is 12.5 Å². The molecule has 19 heavy (non-hydrogen) atoms. The topological polar surface area (TPSA) is 24.9 Å². The number of hydrogen-bond donors (Lipinski definition) is 1. The Morgan fingerprint density at radius 1 is 1.32 bits per heavy atom. The molecule has 1 aromatic carbocycles. The normalized spacial score (nSPS) is 12.8. The molecule has 102 valence electrons. The van der Waals surface area contributed by atoms with E-state index in [9.17, 15) is 0 Å². The third-order valence-corrected chi connectivity index (χ3v) is 3.99. The van der Waals surface area contributed by atoms with Crippen LogP contribution >= 0.6 is 11.3 Å². The summed E-state index contributed by atoms with van der Waals surface area (Å²) in [6.45, 7) is 7.54. The van der Waals surface area contributed by atoms with Gasteiger partial charge in [0.15, 0.2) is 0 Å². The van der Waals surface area contributed by atoms with Crippen molar-refractivity contribution in [2.75, 3.05) is 6.54 Å². The summed E-state index contributed by atoms with van der Waals surface area (Å²) in [5.41, 5.74) is 2.73. The first-order valence-electron chi connectivity index (χ1n) is 6.83. The van der Waals surface area contributed by atoms with Crippen molar-refractivity contribution in [3.63, 3.8) is 0 Å². The Hall–Kier alpha value is -1.19. The Kier molecular flexibility index (Phi) is 5.11. The number of benzene rings is 1. The summed E-state index contributed by atoms with van der Waals surface area (Å²) in [5.74, 6) is 0.494. The van der Waals surface area contributed by atoms with Crippen LogP contribution in [0.25, 0.3) is 0 Å². The molecule has 3 heteroatoms. The smallest absolute Gasteiger partial charge is 0.0931 e. The molecule has 1 unspecified atom stereocenters. The SMILES string of the molecule is Cc1cccc(C(CNC(C)C)Cc2nccs2)c1. The van der Waals surface area contributed by atoms with E-state index in [0.29, 0.717) is 12.0 Å². The summed E-state index contributed by atoms with van der Waals surface area (Å²) in [6, 6.07) is 9.34. The molecule has 0 saturated carbocycles. The summed E-state index contributed by atoms with van der Waals surface area (Å²) in [4.78, 5) is 4.42. The fraction of sp³-hybridized carbons (Fsp3) is 0.438. The van der Waals surface area contributed by atoms with Gasteiger partial charge in [-0.25, -0.2) is 4.98 Å². The average Bonchev–Trinajstić information content (AvgIpc) is 2.87. The molecule has 1 aromatic heterocycles. The van der Waals surface area contributed by atoms with Gasteiger partial charge in [-0.3, -0.25) is 0 Å². The average molecular weight is 274 g/mol. The van der Waals surface area contributed by atoms with E-state index in [-0.39, 0.29) is 0 Å². The summed E-state index contributed by atoms with van der Waals surface area (Å²) in [6.07, 6.45) is 2.91. The van der Waals surface area contributed by atoms with E-state index in [2.05, 4.69) is 60.7 Å². The molecule has 0 aliphatic carbocycles. The van der Waals surface area contributed by atoms with E-state index in [1.54, 1.807) is 11.3 Å². The molecule has 1 N–H and O–H groups in total.